The minimum absolute atomic E-state index is 0.0383. The van der Waals surface area contributed by atoms with Gasteiger partial charge in [0.15, 0.2) is 0 Å². The normalized spacial score (nSPS) is 12.7. The van der Waals surface area contributed by atoms with Gasteiger partial charge in [0.1, 0.15) is 5.75 Å². The van der Waals surface area contributed by atoms with Crippen molar-refractivity contribution in [3.05, 3.63) is 28.2 Å². The van der Waals surface area contributed by atoms with Crippen LogP contribution in [0.3, 0.4) is 0 Å². The number of benzene rings is 1. The first kappa shape index (κ1) is 9.55. The van der Waals surface area contributed by atoms with Gasteiger partial charge in [0.05, 0.1) is 7.11 Å². The van der Waals surface area contributed by atoms with E-state index in [1.807, 2.05) is 25.1 Å². The quantitative estimate of drug-likeness (QED) is 0.846. The van der Waals surface area contributed by atoms with Gasteiger partial charge < -0.3 is 10.5 Å². The van der Waals surface area contributed by atoms with Gasteiger partial charge in [-0.3, -0.25) is 0 Å². The molecule has 66 valence electrons. The summed E-state index contributed by atoms with van der Waals surface area (Å²) in [7, 11) is 1.65. The molecule has 3 heteroatoms. The third-order valence-corrected chi connectivity index (χ3v) is 2.11. The summed E-state index contributed by atoms with van der Waals surface area (Å²) in [5, 5.41) is 0. The van der Waals surface area contributed by atoms with Crippen LogP contribution in [0.5, 0.6) is 5.75 Å². The number of ether oxygens (including phenoxy) is 1. The van der Waals surface area contributed by atoms with Crippen LogP contribution in [-0.2, 0) is 0 Å². The second-order valence-electron chi connectivity index (χ2n) is 2.71. The van der Waals surface area contributed by atoms with E-state index >= 15 is 0 Å². The van der Waals surface area contributed by atoms with Crippen molar-refractivity contribution in [2.75, 3.05) is 7.11 Å². The van der Waals surface area contributed by atoms with Crippen LogP contribution in [-0.4, -0.2) is 7.11 Å². The maximum atomic E-state index is 5.73. The summed E-state index contributed by atoms with van der Waals surface area (Å²) in [5.74, 6) is 0.830. The Kier molecular flexibility index (Phi) is 3.12. The largest absolute Gasteiger partial charge is 0.497 e. The molecule has 0 saturated carbocycles. The summed E-state index contributed by atoms with van der Waals surface area (Å²) >= 11 is 3.39. The Balaban J connectivity index is 3.06. The van der Waals surface area contributed by atoms with Gasteiger partial charge in [-0.05, 0) is 30.7 Å². The second kappa shape index (κ2) is 3.92. The zero-order chi connectivity index (χ0) is 9.14. The molecule has 0 saturated heterocycles. The van der Waals surface area contributed by atoms with Crippen molar-refractivity contribution in [1.82, 2.24) is 0 Å². The summed E-state index contributed by atoms with van der Waals surface area (Å²) in [6.07, 6.45) is 0. The average molecular weight is 230 g/mol. The van der Waals surface area contributed by atoms with Crippen LogP contribution in [0.25, 0.3) is 0 Å². The summed E-state index contributed by atoms with van der Waals surface area (Å²) in [6, 6.07) is 5.88. The zero-order valence-corrected chi connectivity index (χ0v) is 8.76. The molecule has 0 unspecified atom stereocenters. The molecule has 0 amide bonds. The molecule has 1 atom stereocenters. The summed E-state index contributed by atoms with van der Waals surface area (Å²) in [4.78, 5) is 0. The maximum absolute atomic E-state index is 5.73. The molecular formula is C9H12BrNO. The van der Waals surface area contributed by atoms with Crippen LogP contribution < -0.4 is 10.5 Å². The van der Waals surface area contributed by atoms with Crippen molar-refractivity contribution in [2.45, 2.75) is 13.0 Å². The van der Waals surface area contributed by atoms with Gasteiger partial charge in [0, 0.05) is 10.5 Å². The summed E-state index contributed by atoms with van der Waals surface area (Å²) < 4.78 is 6.09. The molecule has 2 nitrogen and oxygen atoms in total. The number of halogens is 1. The van der Waals surface area contributed by atoms with E-state index in [9.17, 15) is 0 Å². The standard InChI is InChI=1S/C9H12BrNO/c1-6(11)7-3-8(10)5-9(4-7)12-2/h3-6H,11H2,1-2H3/t6-/m1/s1. The molecular weight excluding hydrogens is 218 g/mol. The Morgan fingerprint density at radius 3 is 2.58 bits per heavy atom. The van der Waals surface area contributed by atoms with Crippen molar-refractivity contribution < 1.29 is 4.74 Å². The highest BCUT2D eigenvalue weighted by molar-refractivity contribution is 9.10. The number of rotatable bonds is 2. The molecule has 1 rings (SSSR count). The van der Waals surface area contributed by atoms with Crippen molar-refractivity contribution >= 4 is 15.9 Å². The van der Waals surface area contributed by atoms with Gasteiger partial charge in [0.2, 0.25) is 0 Å². The molecule has 0 aliphatic carbocycles. The van der Waals surface area contributed by atoms with Crippen molar-refractivity contribution in [2.24, 2.45) is 5.73 Å². The van der Waals surface area contributed by atoms with E-state index < -0.39 is 0 Å². The molecule has 0 aliphatic heterocycles. The van der Waals surface area contributed by atoms with Crippen LogP contribution in [0.1, 0.15) is 18.5 Å². The van der Waals surface area contributed by atoms with Crippen LogP contribution in [0.4, 0.5) is 0 Å². The molecule has 1 aromatic rings. The molecule has 1 aromatic carbocycles. The van der Waals surface area contributed by atoms with Crippen molar-refractivity contribution in [1.29, 1.82) is 0 Å². The molecule has 0 radical (unpaired) electrons. The second-order valence-corrected chi connectivity index (χ2v) is 3.63. The van der Waals surface area contributed by atoms with Gasteiger partial charge in [0.25, 0.3) is 0 Å². The predicted molar refractivity (Wildman–Crippen MR) is 53.3 cm³/mol. The highest BCUT2D eigenvalue weighted by atomic mass is 79.9. The van der Waals surface area contributed by atoms with Gasteiger partial charge in [-0.2, -0.15) is 0 Å². The molecule has 0 aliphatic rings. The van der Waals surface area contributed by atoms with E-state index in [-0.39, 0.29) is 6.04 Å². The van der Waals surface area contributed by atoms with E-state index in [1.165, 1.54) is 0 Å². The smallest absolute Gasteiger partial charge is 0.120 e. The van der Waals surface area contributed by atoms with Crippen LogP contribution in [0.2, 0.25) is 0 Å². The van der Waals surface area contributed by atoms with Gasteiger partial charge in [-0.1, -0.05) is 15.9 Å². The molecule has 12 heavy (non-hydrogen) atoms. The molecule has 0 heterocycles. The number of hydrogen-bond donors (Lipinski definition) is 1. The Morgan fingerprint density at radius 1 is 1.42 bits per heavy atom. The Labute approximate surface area is 80.8 Å². The predicted octanol–water partition coefficient (Wildman–Crippen LogP) is 2.48. The number of nitrogens with two attached hydrogens (primary N) is 1. The number of hydrogen-bond acceptors (Lipinski definition) is 2. The van der Waals surface area contributed by atoms with E-state index in [4.69, 9.17) is 10.5 Å². The van der Waals surface area contributed by atoms with Gasteiger partial charge in [-0.25, -0.2) is 0 Å². The van der Waals surface area contributed by atoms with Gasteiger partial charge >= 0.3 is 0 Å². The maximum Gasteiger partial charge on any atom is 0.120 e. The first-order valence-corrected chi connectivity index (χ1v) is 4.53. The van der Waals surface area contributed by atoms with E-state index in [2.05, 4.69) is 15.9 Å². The Hall–Kier alpha value is -0.540. The highest BCUT2D eigenvalue weighted by Gasteiger charge is 2.02. The minimum Gasteiger partial charge on any atom is -0.497 e. The fourth-order valence-corrected chi connectivity index (χ4v) is 1.46. The van der Waals surface area contributed by atoms with Crippen LogP contribution >= 0.6 is 15.9 Å². The van der Waals surface area contributed by atoms with E-state index in [1.54, 1.807) is 7.11 Å². The Morgan fingerprint density at radius 2 is 2.08 bits per heavy atom. The molecule has 0 bridgehead atoms. The van der Waals surface area contributed by atoms with E-state index in [0.29, 0.717) is 0 Å². The zero-order valence-electron chi connectivity index (χ0n) is 7.17. The summed E-state index contributed by atoms with van der Waals surface area (Å²) in [5.41, 5.74) is 6.80. The first-order chi connectivity index (χ1) is 5.63. The van der Waals surface area contributed by atoms with Crippen molar-refractivity contribution in [3.8, 4) is 5.75 Å². The highest BCUT2D eigenvalue weighted by Crippen LogP contribution is 2.23. The lowest BCUT2D eigenvalue weighted by molar-refractivity contribution is 0.413. The fraction of sp³-hybridized carbons (Fsp3) is 0.333. The SMILES string of the molecule is COc1cc(Br)cc([C@@H](C)N)c1. The third kappa shape index (κ3) is 2.22. The van der Waals surface area contributed by atoms with Crippen LogP contribution in [0, 0.1) is 0 Å². The lowest BCUT2D eigenvalue weighted by Gasteiger charge is -2.08. The Bertz CT molecular complexity index is 273. The molecule has 0 aromatic heterocycles. The summed E-state index contributed by atoms with van der Waals surface area (Å²) in [6.45, 7) is 1.95. The monoisotopic (exact) mass is 229 g/mol. The first-order valence-electron chi connectivity index (χ1n) is 3.73. The van der Waals surface area contributed by atoms with Gasteiger partial charge in [-0.15, -0.1) is 0 Å². The van der Waals surface area contributed by atoms with Crippen molar-refractivity contribution in [3.63, 3.8) is 0 Å². The fourth-order valence-electron chi connectivity index (χ4n) is 0.965. The van der Waals surface area contributed by atoms with Crippen LogP contribution in [0.15, 0.2) is 22.7 Å². The average Bonchev–Trinajstić information content (AvgIpc) is 2.03. The third-order valence-electron chi connectivity index (χ3n) is 1.66. The minimum atomic E-state index is 0.0383. The lowest BCUT2D eigenvalue weighted by atomic mass is 10.1. The molecule has 0 fully saturated rings. The van der Waals surface area contributed by atoms with E-state index in [0.717, 1.165) is 15.8 Å². The molecule has 0 spiro atoms. The molecule has 2 N–H and O–H groups in total. The number of methoxy groups -OCH3 is 1. The lowest BCUT2D eigenvalue weighted by Crippen LogP contribution is -2.04. The topological polar surface area (TPSA) is 35.2 Å².